The number of halogens is 1. The minimum Gasteiger partial charge on any atom is -0.480 e. The molecule has 19 heavy (non-hydrogen) atoms. The van der Waals surface area contributed by atoms with Crippen molar-refractivity contribution in [3.63, 3.8) is 0 Å². The number of amides is 2. The van der Waals surface area contributed by atoms with E-state index in [0.717, 1.165) is 0 Å². The first-order valence-electron chi connectivity index (χ1n) is 5.64. The molecule has 7 heteroatoms. The van der Waals surface area contributed by atoms with Gasteiger partial charge in [-0.25, -0.2) is 14.0 Å². The Morgan fingerprint density at radius 2 is 2.26 bits per heavy atom. The van der Waals surface area contributed by atoms with E-state index >= 15 is 0 Å². The molecule has 102 valence electrons. The molecule has 2 rings (SSSR count). The molecule has 1 aromatic rings. The number of hydrogen-bond acceptors (Lipinski definition) is 3. The van der Waals surface area contributed by atoms with Crippen molar-refractivity contribution in [1.82, 2.24) is 4.90 Å². The molecule has 1 aliphatic heterocycles. The number of carbonyl (C=O) groups excluding carboxylic acids is 1. The van der Waals surface area contributed by atoms with Crippen molar-refractivity contribution >= 4 is 29.4 Å². The van der Waals surface area contributed by atoms with Crippen LogP contribution in [0.5, 0.6) is 0 Å². The summed E-state index contributed by atoms with van der Waals surface area (Å²) in [5, 5.41) is 11.6. The van der Waals surface area contributed by atoms with Gasteiger partial charge in [0.05, 0.1) is 5.88 Å². The molecular formula is C12H13FN2O3S. The third-order valence-corrected chi connectivity index (χ3v) is 3.95. The van der Waals surface area contributed by atoms with Gasteiger partial charge in [0.2, 0.25) is 0 Å². The zero-order chi connectivity index (χ0) is 14.0. The maximum absolute atomic E-state index is 13.3. The molecule has 0 aliphatic carbocycles. The number of carboxylic acids is 1. The number of urea groups is 1. The number of rotatable bonds is 2. The van der Waals surface area contributed by atoms with Crippen molar-refractivity contribution in [2.75, 3.05) is 16.9 Å². The van der Waals surface area contributed by atoms with Crippen LogP contribution in [0.4, 0.5) is 14.9 Å². The van der Waals surface area contributed by atoms with Crippen molar-refractivity contribution in [3.8, 4) is 0 Å². The second kappa shape index (κ2) is 5.48. The number of carbonyl (C=O) groups is 2. The summed E-state index contributed by atoms with van der Waals surface area (Å²) in [6.07, 6.45) is 0. The zero-order valence-electron chi connectivity index (χ0n) is 10.2. The first kappa shape index (κ1) is 13.7. The largest absolute Gasteiger partial charge is 0.480 e. The lowest BCUT2D eigenvalue weighted by atomic mass is 10.2. The van der Waals surface area contributed by atoms with Crippen molar-refractivity contribution in [3.05, 3.63) is 29.6 Å². The van der Waals surface area contributed by atoms with Gasteiger partial charge in [0.1, 0.15) is 11.9 Å². The maximum atomic E-state index is 13.3. The highest BCUT2D eigenvalue weighted by atomic mass is 32.2. The van der Waals surface area contributed by atoms with Gasteiger partial charge in [-0.05, 0) is 19.1 Å². The molecule has 0 radical (unpaired) electrons. The summed E-state index contributed by atoms with van der Waals surface area (Å²) in [5.41, 5.74) is 0.681. The summed E-state index contributed by atoms with van der Waals surface area (Å²) < 4.78 is 13.3. The summed E-state index contributed by atoms with van der Waals surface area (Å²) >= 11 is 1.38. The second-order valence-electron chi connectivity index (χ2n) is 4.17. The molecule has 0 bridgehead atoms. The number of carboxylic acid groups (broad SMARTS) is 1. The Morgan fingerprint density at radius 3 is 2.95 bits per heavy atom. The van der Waals surface area contributed by atoms with Crippen molar-refractivity contribution in [2.24, 2.45) is 0 Å². The zero-order valence-corrected chi connectivity index (χ0v) is 11.0. The summed E-state index contributed by atoms with van der Waals surface area (Å²) in [4.78, 5) is 24.2. The Hall–Kier alpha value is -1.76. The number of benzene rings is 1. The average molecular weight is 284 g/mol. The summed E-state index contributed by atoms with van der Waals surface area (Å²) in [5.74, 6) is -0.762. The molecule has 0 spiro atoms. The quantitative estimate of drug-likeness (QED) is 0.873. The van der Waals surface area contributed by atoms with Crippen LogP contribution in [-0.4, -0.2) is 39.7 Å². The van der Waals surface area contributed by atoms with E-state index in [2.05, 4.69) is 5.32 Å². The van der Waals surface area contributed by atoms with Crippen LogP contribution in [0, 0.1) is 12.7 Å². The molecule has 1 saturated heterocycles. The number of hydrogen-bond donors (Lipinski definition) is 2. The Bertz CT molecular complexity index is 524. The monoisotopic (exact) mass is 284 g/mol. The fourth-order valence-electron chi connectivity index (χ4n) is 1.78. The van der Waals surface area contributed by atoms with Gasteiger partial charge in [-0.3, -0.25) is 0 Å². The molecule has 1 fully saturated rings. The van der Waals surface area contributed by atoms with Gasteiger partial charge >= 0.3 is 12.0 Å². The Labute approximate surface area is 113 Å². The van der Waals surface area contributed by atoms with Gasteiger partial charge in [0.25, 0.3) is 0 Å². The third kappa shape index (κ3) is 2.81. The van der Waals surface area contributed by atoms with Crippen molar-refractivity contribution in [2.45, 2.75) is 13.0 Å². The predicted octanol–water partition coefficient (Wildman–Crippen LogP) is 2.13. The van der Waals surface area contributed by atoms with Gasteiger partial charge in [0.15, 0.2) is 0 Å². The van der Waals surface area contributed by atoms with E-state index in [0.29, 0.717) is 22.9 Å². The van der Waals surface area contributed by atoms with Crippen LogP contribution < -0.4 is 5.32 Å². The van der Waals surface area contributed by atoms with E-state index in [1.165, 1.54) is 28.8 Å². The lowest BCUT2D eigenvalue weighted by Gasteiger charge is -2.21. The van der Waals surface area contributed by atoms with Gasteiger partial charge in [-0.2, -0.15) is 0 Å². The molecule has 0 unspecified atom stereocenters. The minimum atomic E-state index is -1.03. The van der Waals surface area contributed by atoms with E-state index < -0.39 is 23.9 Å². The fourth-order valence-corrected chi connectivity index (χ4v) is 2.92. The van der Waals surface area contributed by atoms with E-state index in [-0.39, 0.29) is 0 Å². The minimum absolute atomic E-state index is 0.317. The second-order valence-corrected chi connectivity index (χ2v) is 5.17. The van der Waals surface area contributed by atoms with Crippen LogP contribution >= 0.6 is 11.8 Å². The van der Waals surface area contributed by atoms with E-state index in [1.54, 1.807) is 13.0 Å². The van der Waals surface area contributed by atoms with Gasteiger partial charge < -0.3 is 15.3 Å². The summed E-state index contributed by atoms with van der Waals surface area (Å²) in [6.45, 7) is 1.55. The number of nitrogens with zero attached hydrogens (tertiary/aromatic N) is 1. The number of anilines is 1. The number of thioether (sulfide) groups is 1. The smallest absolute Gasteiger partial charge is 0.327 e. The highest BCUT2D eigenvalue weighted by Crippen LogP contribution is 2.23. The van der Waals surface area contributed by atoms with E-state index in [1.807, 2.05) is 0 Å². The molecule has 1 aliphatic rings. The van der Waals surface area contributed by atoms with Gasteiger partial charge in [-0.1, -0.05) is 6.07 Å². The Balaban J connectivity index is 2.13. The third-order valence-electron chi connectivity index (χ3n) is 2.94. The van der Waals surface area contributed by atoms with Crippen LogP contribution in [0.3, 0.4) is 0 Å². The lowest BCUT2D eigenvalue weighted by molar-refractivity contribution is -0.140. The fraction of sp³-hybridized carbons (Fsp3) is 0.333. The van der Waals surface area contributed by atoms with Gasteiger partial charge in [-0.15, -0.1) is 11.8 Å². The molecule has 0 saturated carbocycles. The SMILES string of the molecule is Cc1c(F)cccc1NC(=O)N1CSC[C@H]1C(=O)O. The highest BCUT2D eigenvalue weighted by molar-refractivity contribution is 7.99. The normalized spacial score (nSPS) is 18.4. The first-order chi connectivity index (χ1) is 9.00. The van der Waals surface area contributed by atoms with Crippen LogP contribution in [-0.2, 0) is 4.79 Å². The van der Waals surface area contributed by atoms with Crippen molar-refractivity contribution < 1.29 is 19.1 Å². The molecule has 1 heterocycles. The topological polar surface area (TPSA) is 69.6 Å². The molecule has 5 nitrogen and oxygen atoms in total. The molecule has 1 aromatic carbocycles. The van der Waals surface area contributed by atoms with Crippen molar-refractivity contribution in [1.29, 1.82) is 0 Å². The van der Waals surface area contributed by atoms with E-state index in [9.17, 15) is 14.0 Å². The molecule has 1 atom stereocenters. The molecule has 2 amide bonds. The average Bonchev–Trinajstić information content (AvgIpc) is 2.84. The Morgan fingerprint density at radius 1 is 1.53 bits per heavy atom. The van der Waals surface area contributed by atoms with Crippen LogP contribution in [0.2, 0.25) is 0 Å². The van der Waals surface area contributed by atoms with Crippen LogP contribution in [0.1, 0.15) is 5.56 Å². The molecule has 0 aromatic heterocycles. The number of nitrogens with one attached hydrogen (secondary N) is 1. The maximum Gasteiger partial charge on any atom is 0.327 e. The van der Waals surface area contributed by atoms with Crippen LogP contribution in [0.25, 0.3) is 0 Å². The van der Waals surface area contributed by atoms with Gasteiger partial charge in [0, 0.05) is 17.0 Å². The molecular weight excluding hydrogens is 271 g/mol. The summed E-state index contributed by atoms with van der Waals surface area (Å²) in [7, 11) is 0. The number of aliphatic carboxylic acids is 1. The Kier molecular flexibility index (Phi) is 3.94. The summed E-state index contributed by atoms with van der Waals surface area (Å²) in [6, 6.07) is 3.02. The first-order valence-corrected chi connectivity index (χ1v) is 6.79. The predicted molar refractivity (Wildman–Crippen MR) is 70.7 cm³/mol. The van der Waals surface area contributed by atoms with Crippen LogP contribution in [0.15, 0.2) is 18.2 Å². The van der Waals surface area contributed by atoms with E-state index in [4.69, 9.17) is 5.11 Å². The standard InChI is InChI=1S/C12H13FN2O3S/c1-7-8(13)3-2-4-9(7)14-12(18)15-6-19-5-10(15)11(16)17/h2-4,10H,5-6H2,1H3,(H,14,18)(H,16,17)/t10-/m0/s1. The molecule has 2 N–H and O–H groups in total. The lowest BCUT2D eigenvalue weighted by Crippen LogP contribution is -2.44. The highest BCUT2D eigenvalue weighted by Gasteiger charge is 2.34.